The van der Waals surface area contributed by atoms with Crippen LogP contribution in [-0.4, -0.2) is 42.0 Å². The number of likely N-dealkylation sites (N-methyl/N-ethyl adjacent to an activating group) is 1. The fourth-order valence-electron chi connectivity index (χ4n) is 1.84. The van der Waals surface area contributed by atoms with Gasteiger partial charge < -0.3 is 15.4 Å². The van der Waals surface area contributed by atoms with Crippen LogP contribution in [-0.2, 0) is 9.53 Å². The third-order valence-corrected chi connectivity index (χ3v) is 2.82. The van der Waals surface area contributed by atoms with E-state index in [0.29, 0.717) is 5.69 Å². The highest BCUT2D eigenvalue weighted by molar-refractivity contribution is 5.95. The van der Waals surface area contributed by atoms with Crippen LogP contribution in [0.2, 0.25) is 0 Å². The lowest BCUT2D eigenvalue weighted by Gasteiger charge is -2.28. The highest BCUT2D eigenvalue weighted by atomic mass is 16.5. The Bertz CT molecular complexity index is 457. The molecule has 0 aliphatic rings. The fourth-order valence-corrected chi connectivity index (χ4v) is 1.84. The van der Waals surface area contributed by atoms with Gasteiger partial charge in [-0.05, 0) is 18.1 Å². The summed E-state index contributed by atoms with van der Waals surface area (Å²) in [6.45, 7) is 3.70. The van der Waals surface area contributed by atoms with Crippen molar-refractivity contribution >= 4 is 17.6 Å². The number of ether oxygens (including phenoxy) is 1. The lowest BCUT2D eigenvalue weighted by molar-refractivity contribution is -0.147. The second-order valence-corrected chi connectivity index (χ2v) is 4.60. The largest absolute Gasteiger partial charge is 0.467 e. The van der Waals surface area contributed by atoms with Crippen molar-refractivity contribution in [2.75, 3.05) is 19.9 Å². The summed E-state index contributed by atoms with van der Waals surface area (Å²) < 4.78 is 4.73. The topological polar surface area (TPSA) is 85.5 Å². The molecule has 1 atom stereocenters. The molecule has 6 heteroatoms. The van der Waals surface area contributed by atoms with E-state index in [-0.39, 0.29) is 17.5 Å². The Balaban J connectivity index is 2.96. The number of pyridine rings is 1. The second kappa shape index (κ2) is 6.17. The summed E-state index contributed by atoms with van der Waals surface area (Å²) in [4.78, 5) is 29.3. The van der Waals surface area contributed by atoms with Crippen molar-refractivity contribution in [3.8, 4) is 0 Å². The molecule has 6 nitrogen and oxygen atoms in total. The molecule has 1 heterocycles. The summed E-state index contributed by atoms with van der Waals surface area (Å²) in [5.41, 5.74) is 6.24. The molecule has 0 aromatic carbocycles. The van der Waals surface area contributed by atoms with Crippen LogP contribution in [0.3, 0.4) is 0 Å². The number of hydrogen-bond donors (Lipinski definition) is 1. The molecule has 0 radical (unpaired) electrons. The first-order valence-corrected chi connectivity index (χ1v) is 5.95. The third kappa shape index (κ3) is 3.43. The monoisotopic (exact) mass is 265 g/mol. The van der Waals surface area contributed by atoms with Gasteiger partial charge in [0, 0.05) is 7.05 Å². The molecule has 2 N–H and O–H groups in total. The third-order valence-electron chi connectivity index (χ3n) is 2.82. The Labute approximate surface area is 112 Å². The number of carbonyl (C=O) groups excluding carboxylic acids is 2. The van der Waals surface area contributed by atoms with Crippen molar-refractivity contribution in [1.82, 2.24) is 9.88 Å². The van der Waals surface area contributed by atoms with Gasteiger partial charge in [-0.2, -0.15) is 0 Å². The first kappa shape index (κ1) is 14.9. The number of anilines is 1. The van der Waals surface area contributed by atoms with Crippen molar-refractivity contribution in [3.63, 3.8) is 0 Å². The fraction of sp³-hybridized carbons (Fsp3) is 0.462. The zero-order chi connectivity index (χ0) is 14.6. The smallest absolute Gasteiger partial charge is 0.328 e. The van der Waals surface area contributed by atoms with Crippen molar-refractivity contribution < 1.29 is 14.3 Å². The maximum Gasteiger partial charge on any atom is 0.328 e. The first-order chi connectivity index (χ1) is 8.88. The standard InChI is InChI=1S/C13H19N3O3/c1-8(2)11(13(18)19-4)16(3)12(17)10-6-5-9(14)7-15-10/h5-8,11H,14H2,1-4H3/t11-/m0/s1. The molecule has 0 aliphatic carbocycles. The number of rotatable bonds is 4. The van der Waals surface area contributed by atoms with Gasteiger partial charge in [0.05, 0.1) is 19.0 Å². The van der Waals surface area contributed by atoms with E-state index < -0.39 is 12.0 Å². The average molecular weight is 265 g/mol. The number of nitrogens with zero attached hydrogens (tertiary/aromatic N) is 2. The van der Waals surface area contributed by atoms with Crippen LogP contribution in [0.5, 0.6) is 0 Å². The van der Waals surface area contributed by atoms with Gasteiger partial charge in [0.15, 0.2) is 0 Å². The number of aromatic nitrogens is 1. The quantitative estimate of drug-likeness (QED) is 0.819. The van der Waals surface area contributed by atoms with Gasteiger partial charge in [0.1, 0.15) is 11.7 Å². The summed E-state index contributed by atoms with van der Waals surface area (Å²) in [7, 11) is 2.86. The molecule has 0 bridgehead atoms. The summed E-state index contributed by atoms with van der Waals surface area (Å²) in [6, 6.07) is 2.48. The Kier molecular flexibility index (Phi) is 4.86. The van der Waals surface area contributed by atoms with E-state index in [9.17, 15) is 9.59 Å². The summed E-state index contributed by atoms with van der Waals surface area (Å²) in [5.74, 6) is -0.847. The minimum absolute atomic E-state index is 0.0600. The summed E-state index contributed by atoms with van der Waals surface area (Å²) in [5, 5.41) is 0. The highest BCUT2D eigenvalue weighted by Gasteiger charge is 2.31. The van der Waals surface area contributed by atoms with Gasteiger partial charge >= 0.3 is 5.97 Å². The van der Waals surface area contributed by atoms with Crippen LogP contribution in [0.4, 0.5) is 5.69 Å². The van der Waals surface area contributed by atoms with Gasteiger partial charge in [-0.25, -0.2) is 9.78 Å². The van der Waals surface area contributed by atoms with E-state index in [2.05, 4.69) is 4.98 Å². The molecule has 0 unspecified atom stereocenters. The second-order valence-electron chi connectivity index (χ2n) is 4.60. The van der Waals surface area contributed by atoms with Crippen LogP contribution in [0.15, 0.2) is 18.3 Å². The minimum atomic E-state index is -0.642. The van der Waals surface area contributed by atoms with Gasteiger partial charge in [0.25, 0.3) is 5.91 Å². The number of carbonyl (C=O) groups is 2. The number of nitrogen functional groups attached to an aromatic ring is 1. The number of methoxy groups -OCH3 is 1. The number of amides is 1. The molecule has 1 rings (SSSR count). The highest BCUT2D eigenvalue weighted by Crippen LogP contribution is 2.14. The first-order valence-electron chi connectivity index (χ1n) is 5.95. The van der Waals surface area contributed by atoms with Crippen LogP contribution < -0.4 is 5.73 Å². The molecule has 0 aliphatic heterocycles. The van der Waals surface area contributed by atoms with Crippen LogP contribution in [0.1, 0.15) is 24.3 Å². The summed E-state index contributed by atoms with van der Waals surface area (Å²) in [6.07, 6.45) is 1.41. The molecule has 0 fully saturated rings. The molecule has 1 aromatic heterocycles. The zero-order valence-corrected chi connectivity index (χ0v) is 11.6. The SMILES string of the molecule is COC(=O)[C@H](C(C)C)N(C)C(=O)c1ccc(N)cn1. The molecule has 0 saturated heterocycles. The number of nitrogens with two attached hydrogens (primary N) is 1. The molecule has 104 valence electrons. The predicted octanol–water partition coefficient (Wildman–Crippen LogP) is 0.933. The van der Waals surface area contributed by atoms with Gasteiger partial charge in [-0.3, -0.25) is 4.79 Å². The molecular formula is C13H19N3O3. The van der Waals surface area contributed by atoms with Crippen molar-refractivity contribution in [2.24, 2.45) is 5.92 Å². The van der Waals surface area contributed by atoms with E-state index in [1.165, 1.54) is 24.3 Å². The van der Waals surface area contributed by atoms with Crippen LogP contribution in [0.25, 0.3) is 0 Å². The van der Waals surface area contributed by atoms with Crippen LogP contribution >= 0.6 is 0 Å². The Hall–Kier alpha value is -2.11. The van der Waals surface area contributed by atoms with E-state index in [1.54, 1.807) is 13.1 Å². The van der Waals surface area contributed by atoms with E-state index in [4.69, 9.17) is 10.5 Å². The normalized spacial score (nSPS) is 12.1. The minimum Gasteiger partial charge on any atom is -0.467 e. The Morgan fingerprint density at radius 2 is 2.00 bits per heavy atom. The maximum atomic E-state index is 12.2. The molecule has 0 spiro atoms. The molecule has 19 heavy (non-hydrogen) atoms. The maximum absolute atomic E-state index is 12.2. The van der Waals surface area contributed by atoms with E-state index in [1.807, 2.05) is 13.8 Å². The molecule has 0 saturated carbocycles. The van der Waals surface area contributed by atoms with E-state index in [0.717, 1.165) is 0 Å². The molecule has 1 amide bonds. The van der Waals surface area contributed by atoms with E-state index >= 15 is 0 Å². The van der Waals surface area contributed by atoms with Gasteiger partial charge in [-0.1, -0.05) is 13.8 Å². The average Bonchev–Trinajstić information content (AvgIpc) is 2.38. The van der Waals surface area contributed by atoms with Crippen molar-refractivity contribution in [3.05, 3.63) is 24.0 Å². The lowest BCUT2D eigenvalue weighted by atomic mass is 10.0. The lowest BCUT2D eigenvalue weighted by Crippen LogP contribution is -2.46. The Morgan fingerprint density at radius 3 is 2.42 bits per heavy atom. The van der Waals surface area contributed by atoms with Crippen LogP contribution in [0, 0.1) is 5.92 Å². The Morgan fingerprint density at radius 1 is 1.37 bits per heavy atom. The number of esters is 1. The molecule has 1 aromatic rings. The zero-order valence-electron chi connectivity index (χ0n) is 11.6. The predicted molar refractivity (Wildman–Crippen MR) is 71.4 cm³/mol. The van der Waals surface area contributed by atoms with Crippen molar-refractivity contribution in [2.45, 2.75) is 19.9 Å². The molecular weight excluding hydrogens is 246 g/mol. The van der Waals surface area contributed by atoms with Gasteiger partial charge in [-0.15, -0.1) is 0 Å². The van der Waals surface area contributed by atoms with Crippen molar-refractivity contribution in [1.29, 1.82) is 0 Å². The number of hydrogen-bond acceptors (Lipinski definition) is 5. The van der Waals surface area contributed by atoms with Gasteiger partial charge in [0.2, 0.25) is 0 Å². The summed E-state index contributed by atoms with van der Waals surface area (Å²) >= 11 is 0.